The molecule has 0 aliphatic carbocycles. The van der Waals surface area contributed by atoms with E-state index in [1.54, 1.807) is 23.0 Å². The van der Waals surface area contributed by atoms with Crippen molar-refractivity contribution in [1.82, 2.24) is 35.1 Å². The maximum atomic E-state index is 5.54. The molecule has 0 aromatic carbocycles. The van der Waals surface area contributed by atoms with Gasteiger partial charge in [-0.15, -0.1) is 0 Å². The molecule has 9 nitrogen and oxygen atoms in total. The predicted molar refractivity (Wildman–Crippen MR) is 120 cm³/mol. The van der Waals surface area contributed by atoms with E-state index < -0.39 is 0 Å². The summed E-state index contributed by atoms with van der Waals surface area (Å²) in [5, 5.41) is 17.8. The zero-order valence-corrected chi connectivity index (χ0v) is 18.5. The van der Waals surface area contributed by atoms with Gasteiger partial charge in [0, 0.05) is 48.9 Å². The van der Waals surface area contributed by atoms with E-state index in [2.05, 4.69) is 44.3 Å². The molecule has 2 aliphatic rings. The van der Waals surface area contributed by atoms with Crippen molar-refractivity contribution in [2.24, 2.45) is 5.41 Å². The summed E-state index contributed by atoms with van der Waals surface area (Å²) in [7, 11) is 1.64. The summed E-state index contributed by atoms with van der Waals surface area (Å²) in [6.07, 6.45) is 5.46. The number of aromatic amines is 1. The fourth-order valence-corrected chi connectivity index (χ4v) is 5.54. The normalized spacial score (nSPS) is 17.4. The Bertz CT molecular complexity index is 1260. The van der Waals surface area contributed by atoms with Gasteiger partial charge >= 0.3 is 0 Å². The minimum absolute atomic E-state index is 0.266. The van der Waals surface area contributed by atoms with E-state index in [-0.39, 0.29) is 5.92 Å². The number of pyridine rings is 1. The van der Waals surface area contributed by atoms with E-state index in [4.69, 9.17) is 9.72 Å². The van der Waals surface area contributed by atoms with Gasteiger partial charge in [0.1, 0.15) is 16.3 Å². The molecule has 6 heterocycles. The smallest absolute Gasteiger partial charge is 0.197 e. The topological polar surface area (TPSA) is 96.3 Å². The lowest BCUT2D eigenvalue weighted by Crippen LogP contribution is -2.71. The lowest BCUT2D eigenvalue weighted by atomic mass is 9.75. The highest BCUT2D eigenvalue weighted by atomic mass is 32.1. The Morgan fingerprint density at radius 3 is 2.77 bits per heavy atom. The zero-order chi connectivity index (χ0) is 21.2. The van der Waals surface area contributed by atoms with Gasteiger partial charge < -0.3 is 15.0 Å². The Morgan fingerprint density at radius 2 is 2.06 bits per heavy atom. The molecule has 2 fully saturated rings. The van der Waals surface area contributed by atoms with E-state index in [1.807, 2.05) is 18.5 Å². The lowest BCUT2D eigenvalue weighted by molar-refractivity contribution is 0.122. The second-order valence-electron chi connectivity index (χ2n) is 8.80. The van der Waals surface area contributed by atoms with E-state index in [0.29, 0.717) is 16.8 Å². The highest BCUT2D eigenvalue weighted by Gasteiger charge is 2.48. The third-order valence-corrected chi connectivity index (χ3v) is 7.36. The van der Waals surface area contributed by atoms with Crippen molar-refractivity contribution >= 4 is 22.0 Å². The molecular formula is C21H24N8OS. The molecule has 0 amide bonds. The molecule has 2 saturated heterocycles. The number of nitrogens with zero attached hydrogens (tertiary/aromatic N) is 6. The first-order chi connectivity index (χ1) is 15.1. The number of aromatic nitrogens is 6. The molecular weight excluding hydrogens is 412 g/mol. The maximum Gasteiger partial charge on any atom is 0.197 e. The summed E-state index contributed by atoms with van der Waals surface area (Å²) in [5.74, 6) is 0.935. The van der Waals surface area contributed by atoms with Crippen LogP contribution in [-0.4, -0.2) is 63.1 Å². The quantitative estimate of drug-likeness (QED) is 0.497. The number of thiazole rings is 1. The van der Waals surface area contributed by atoms with Crippen LogP contribution in [0.5, 0.6) is 5.75 Å². The van der Waals surface area contributed by atoms with E-state index in [0.717, 1.165) is 53.7 Å². The number of anilines is 1. The molecule has 0 bridgehead atoms. The summed E-state index contributed by atoms with van der Waals surface area (Å²) < 4.78 is 7.26. The van der Waals surface area contributed by atoms with Crippen molar-refractivity contribution in [3.63, 3.8) is 0 Å². The van der Waals surface area contributed by atoms with E-state index >= 15 is 0 Å². The van der Waals surface area contributed by atoms with Crippen molar-refractivity contribution in [2.45, 2.75) is 19.8 Å². The molecule has 2 aliphatic heterocycles. The number of fused-ring (bicyclic) bond motifs is 1. The third-order valence-electron chi connectivity index (χ3n) is 6.29. The Labute approximate surface area is 183 Å². The van der Waals surface area contributed by atoms with Crippen molar-refractivity contribution in [2.75, 3.05) is 38.2 Å². The Morgan fingerprint density at radius 1 is 1.23 bits per heavy atom. The number of hydrogen-bond acceptors (Lipinski definition) is 8. The molecule has 0 radical (unpaired) electrons. The van der Waals surface area contributed by atoms with Crippen LogP contribution in [-0.2, 0) is 0 Å². The Kier molecular flexibility index (Phi) is 4.09. The number of methoxy groups -OCH3 is 1. The summed E-state index contributed by atoms with van der Waals surface area (Å²) in [6, 6.07) is 1.97. The van der Waals surface area contributed by atoms with Crippen molar-refractivity contribution in [3.05, 3.63) is 30.4 Å². The number of rotatable bonds is 5. The molecule has 31 heavy (non-hydrogen) atoms. The molecule has 4 aromatic heterocycles. The van der Waals surface area contributed by atoms with Crippen LogP contribution in [0.25, 0.3) is 27.6 Å². The highest BCUT2D eigenvalue weighted by Crippen LogP contribution is 2.43. The molecule has 160 valence electrons. The molecule has 0 unspecified atom stereocenters. The van der Waals surface area contributed by atoms with Gasteiger partial charge in [-0.3, -0.25) is 5.10 Å². The van der Waals surface area contributed by atoms with Crippen LogP contribution < -0.4 is 15.0 Å². The van der Waals surface area contributed by atoms with Gasteiger partial charge in [0.15, 0.2) is 11.4 Å². The first-order valence-corrected chi connectivity index (χ1v) is 11.3. The lowest BCUT2D eigenvalue weighted by Gasteiger charge is -2.56. The second-order valence-corrected chi connectivity index (χ2v) is 9.81. The van der Waals surface area contributed by atoms with Crippen molar-refractivity contribution in [3.8, 4) is 27.7 Å². The minimum atomic E-state index is 0.266. The highest BCUT2D eigenvalue weighted by molar-refractivity contribution is 7.18. The van der Waals surface area contributed by atoms with Gasteiger partial charge in [-0.25, -0.2) is 14.5 Å². The van der Waals surface area contributed by atoms with Crippen molar-refractivity contribution in [1.29, 1.82) is 0 Å². The van der Waals surface area contributed by atoms with Gasteiger partial charge in [-0.1, -0.05) is 25.2 Å². The Hall–Kier alpha value is -2.98. The van der Waals surface area contributed by atoms with Gasteiger partial charge in [0.05, 0.1) is 24.7 Å². The average molecular weight is 437 g/mol. The number of nitrogens with one attached hydrogen (secondary N) is 2. The summed E-state index contributed by atoms with van der Waals surface area (Å²) >= 11 is 1.73. The molecule has 2 N–H and O–H groups in total. The van der Waals surface area contributed by atoms with Gasteiger partial charge in [0.2, 0.25) is 0 Å². The molecule has 1 spiro atoms. The Balaban J connectivity index is 1.37. The molecule has 4 aromatic rings. The van der Waals surface area contributed by atoms with Gasteiger partial charge in [0.25, 0.3) is 0 Å². The van der Waals surface area contributed by atoms with Crippen LogP contribution >= 0.6 is 11.3 Å². The third kappa shape index (κ3) is 2.85. The number of ether oxygens (including phenoxy) is 1. The average Bonchev–Trinajstić information content (AvgIpc) is 3.42. The van der Waals surface area contributed by atoms with Crippen LogP contribution in [0, 0.1) is 5.41 Å². The number of hydrogen-bond donors (Lipinski definition) is 2. The fourth-order valence-electron chi connectivity index (χ4n) is 4.62. The summed E-state index contributed by atoms with van der Waals surface area (Å²) in [4.78, 5) is 11.4. The van der Waals surface area contributed by atoms with Crippen LogP contribution in [0.3, 0.4) is 0 Å². The van der Waals surface area contributed by atoms with Gasteiger partial charge in [-0.2, -0.15) is 10.2 Å². The summed E-state index contributed by atoms with van der Waals surface area (Å²) in [6.45, 7) is 8.86. The molecule has 6 rings (SSSR count). The van der Waals surface area contributed by atoms with Gasteiger partial charge in [-0.05, 0) is 12.0 Å². The predicted octanol–water partition coefficient (Wildman–Crippen LogP) is 2.78. The first-order valence-electron chi connectivity index (χ1n) is 10.4. The molecule has 0 atom stereocenters. The molecule has 0 saturated carbocycles. The van der Waals surface area contributed by atoms with Crippen LogP contribution in [0.1, 0.15) is 25.3 Å². The SMILES string of the molecule is COc1cc(-c2n[nH]c(-c3ncc(N4CC5(CNC5)C4)s3)c2C(C)C)cn2ncnc12. The van der Waals surface area contributed by atoms with Crippen molar-refractivity contribution < 1.29 is 4.74 Å². The van der Waals surface area contributed by atoms with Crippen LogP contribution in [0.4, 0.5) is 5.00 Å². The van der Waals surface area contributed by atoms with E-state index in [9.17, 15) is 0 Å². The summed E-state index contributed by atoms with van der Waals surface area (Å²) in [5.41, 5.74) is 5.13. The second kappa shape index (κ2) is 6.76. The first kappa shape index (κ1) is 18.8. The van der Waals surface area contributed by atoms with E-state index in [1.165, 1.54) is 11.3 Å². The minimum Gasteiger partial charge on any atom is -0.493 e. The zero-order valence-electron chi connectivity index (χ0n) is 17.7. The number of H-pyrrole nitrogens is 1. The monoisotopic (exact) mass is 436 g/mol. The fraction of sp³-hybridized carbons (Fsp3) is 0.429. The van der Waals surface area contributed by atoms with Crippen LogP contribution in [0.15, 0.2) is 24.8 Å². The molecule has 10 heteroatoms. The largest absolute Gasteiger partial charge is 0.493 e. The van der Waals surface area contributed by atoms with Crippen LogP contribution in [0.2, 0.25) is 0 Å². The maximum absolute atomic E-state index is 5.54. The standard InChI is InChI=1S/C21H24N8OS/c1-12(2)16-17(13-4-14(30-3)19-24-11-25-29(19)6-13)26-27-18(16)20-23-5-15(31-20)28-9-21(10-28)7-22-8-21/h4-6,11-12,22H,7-10H2,1-3H3,(H,26,27).